The maximum absolute atomic E-state index is 13.5. The highest BCUT2D eigenvalue weighted by atomic mass is 19.1. The van der Waals surface area contributed by atoms with Gasteiger partial charge in [-0.05, 0) is 42.5 Å². The average molecular weight is 388 g/mol. The molecule has 0 spiro atoms. The minimum atomic E-state index is -0.436. The molecule has 1 aliphatic heterocycles. The maximum atomic E-state index is 13.5. The van der Waals surface area contributed by atoms with Crippen molar-refractivity contribution in [1.82, 2.24) is 10.2 Å². The van der Waals surface area contributed by atoms with E-state index in [2.05, 4.69) is 20.5 Å². The van der Waals surface area contributed by atoms with Crippen LogP contribution in [0.4, 0.5) is 14.5 Å². The number of nitrogens with one attached hydrogen (secondary N) is 2. The zero-order chi connectivity index (χ0) is 19.8. The highest BCUT2D eigenvalue weighted by Gasteiger charge is 2.12. The van der Waals surface area contributed by atoms with Gasteiger partial charge in [0.2, 0.25) is 5.96 Å². The van der Waals surface area contributed by atoms with E-state index < -0.39 is 17.5 Å². The molecule has 2 aromatic carbocycles. The van der Waals surface area contributed by atoms with Crippen LogP contribution in [0, 0.1) is 11.6 Å². The first-order valence-electron chi connectivity index (χ1n) is 9.04. The van der Waals surface area contributed by atoms with Gasteiger partial charge in [0.15, 0.2) is 0 Å². The Bertz CT molecular complexity index is 821. The summed E-state index contributed by atoms with van der Waals surface area (Å²) in [5.74, 6) is -1.06. The van der Waals surface area contributed by atoms with Crippen LogP contribution in [0.15, 0.2) is 53.5 Å². The maximum Gasteiger partial charge on any atom is 0.257 e. The number of carbonyl (C=O) groups excluding carboxylic acids is 1. The SMILES string of the molecule is O=C(NC(=NCCN1CCOCC1)Nc1cccc(F)c1)c1ccc(F)cc1. The molecule has 0 radical (unpaired) electrons. The highest BCUT2D eigenvalue weighted by molar-refractivity contribution is 6.09. The van der Waals surface area contributed by atoms with E-state index in [-0.39, 0.29) is 5.96 Å². The Morgan fingerprint density at radius 1 is 1.07 bits per heavy atom. The fourth-order valence-corrected chi connectivity index (χ4v) is 2.72. The summed E-state index contributed by atoms with van der Waals surface area (Å²) in [6, 6.07) is 11.1. The van der Waals surface area contributed by atoms with Gasteiger partial charge in [-0.3, -0.25) is 20.0 Å². The summed E-state index contributed by atoms with van der Waals surface area (Å²) >= 11 is 0. The summed E-state index contributed by atoms with van der Waals surface area (Å²) in [6.45, 7) is 4.22. The molecule has 0 bridgehead atoms. The van der Waals surface area contributed by atoms with E-state index in [4.69, 9.17) is 4.74 Å². The number of ether oxygens (including phenoxy) is 1. The lowest BCUT2D eigenvalue weighted by atomic mass is 10.2. The summed E-state index contributed by atoms with van der Waals surface area (Å²) in [4.78, 5) is 19.1. The number of rotatable bonds is 5. The van der Waals surface area contributed by atoms with Gasteiger partial charge in [-0.2, -0.15) is 0 Å². The molecule has 3 rings (SSSR count). The molecule has 2 aromatic rings. The summed E-state index contributed by atoms with van der Waals surface area (Å²) in [5, 5.41) is 5.60. The molecule has 0 unspecified atom stereocenters. The molecule has 0 aliphatic carbocycles. The topological polar surface area (TPSA) is 66.0 Å². The fraction of sp³-hybridized carbons (Fsp3) is 0.300. The average Bonchev–Trinajstić information content (AvgIpc) is 2.69. The first-order valence-corrected chi connectivity index (χ1v) is 9.04. The molecular weight excluding hydrogens is 366 g/mol. The summed E-state index contributed by atoms with van der Waals surface area (Å²) in [5.41, 5.74) is 0.757. The van der Waals surface area contributed by atoms with Gasteiger partial charge in [0, 0.05) is 30.9 Å². The molecule has 2 N–H and O–H groups in total. The van der Waals surface area contributed by atoms with Gasteiger partial charge < -0.3 is 10.1 Å². The molecule has 0 atom stereocenters. The van der Waals surface area contributed by atoms with Gasteiger partial charge in [0.05, 0.1) is 19.8 Å². The molecule has 1 aliphatic rings. The molecule has 0 aromatic heterocycles. The van der Waals surface area contributed by atoms with Crippen molar-refractivity contribution in [2.45, 2.75) is 0 Å². The number of benzene rings is 2. The summed E-state index contributed by atoms with van der Waals surface area (Å²) in [6.07, 6.45) is 0. The standard InChI is InChI=1S/C20H22F2N4O2/c21-16-6-4-15(5-7-16)19(27)25-20(24-18-3-1-2-17(22)14-18)23-8-9-26-10-12-28-13-11-26/h1-7,14H,8-13H2,(H2,23,24,25,27). The minimum absolute atomic E-state index is 0.202. The Balaban J connectivity index is 1.68. The van der Waals surface area contributed by atoms with Gasteiger partial charge in [-0.15, -0.1) is 0 Å². The van der Waals surface area contributed by atoms with Crippen LogP contribution < -0.4 is 10.6 Å². The second-order valence-corrected chi connectivity index (χ2v) is 6.28. The lowest BCUT2D eigenvalue weighted by Crippen LogP contribution is -2.39. The van der Waals surface area contributed by atoms with E-state index in [9.17, 15) is 13.6 Å². The quantitative estimate of drug-likeness (QED) is 0.610. The Labute approximate surface area is 162 Å². The number of anilines is 1. The van der Waals surface area contributed by atoms with Gasteiger partial charge in [0.1, 0.15) is 11.6 Å². The number of aliphatic imine (C=N–C) groups is 1. The Morgan fingerprint density at radius 3 is 2.54 bits per heavy atom. The number of halogens is 2. The Kier molecular flexibility index (Phi) is 7.05. The number of guanidine groups is 1. The molecule has 1 amide bonds. The monoisotopic (exact) mass is 388 g/mol. The fourth-order valence-electron chi connectivity index (χ4n) is 2.72. The second-order valence-electron chi connectivity index (χ2n) is 6.28. The first kappa shape index (κ1) is 19.9. The van der Waals surface area contributed by atoms with E-state index in [1.807, 2.05) is 0 Å². The van der Waals surface area contributed by atoms with Crippen LogP contribution >= 0.6 is 0 Å². The van der Waals surface area contributed by atoms with Gasteiger partial charge in [-0.1, -0.05) is 6.07 Å². The van der Waals surface area contributed by atoms with E-state index in [0.717, 1.165) is 13.1 Å². The lowest BCUT2D eigenvalue weighted by molar-refractivity contribution is 0.0394. The summed E-state index contributed by atoms with van der Waals surface area (Å²) in [7, 11) is 0. The summed E-state index contributed by atoms with van der Waals surface area (Å²) < 4.78 is 31.8. The van der Waals surface area contributed by atoms with E-state index >= 15 is 0 Å². The van der Waals surface area contributed by atoms with Gasteiger partial charge in [-0.25, -0.2) is 8.78 Å². The van der Waals surface area contributed by atoms with Crippen LogP contribution in [0.1, 0.15) is 10.4 Å². The van der Waals surface area contributed by atoms with Gasteiger partial charge >= 0.3 is 0 Å². The molecule has 1 heterocycles. The van der Waals surface area contributed by atoms with Crippen LogP contribution in [0.2, 0.25) is 0 Å². The van der Waals surface area contributed by atoms with Crippen LogP contribution in [0.25, 0.3) is 0 Å². The van der Waals surface area contributed by atoms with E-state index in [0.29, 0.717) is 37.6 Å². The molecule has 28 heavy (non-hydrogen) atoms. The van der Waals surface area contributed by atoms with E-state index in [1.165, 1.54) is 36.4 Å². The Morgan fingerprint density at radius 2 is 1.82 bits per heavy atom. The van der Waals surface area contributed by atoms with Crippen molar-refractivity contribution in [3.63, 3.8) is 0 Å². The van der Waals surface area contributed by atoms with Crippen LogP contribution in [-0.4, -0.2) is 56.2 Å². The number of hydrogen-bond donors (Lipinski definition) is 2. The second kappa shape index (κ2) is 9.91. The molecule has 6 nitrogen and oxygen atoms in total. The lowest BCUT2D eigenvalue weighted by Gasteiger charge is -2.25. The largest absolute Gasteiger partial charge is 0.379 e. The number of carbonyl (C=O) groups is 1. The molecule has 1 saturated heterocycles. The van der Waals surface area contributed by atoms with Crippen LogP contribution in [-0.2, 0) is 4.74 Å². The minimum Gasteiger partial charge on any atom is -0.379 e. The third-order valence-electron chi connectivity index (χ3n) is 4.22. The number of morpholine rings is 1. The Hall–Kier alpha value is -2.84. The van der Waals surface area contributed by atoms with Crippen molar-refractivity contribution >= 4 is 17.6 Å². The third-order valence-corrected chi connectivity index (χ3v) is 4.22. The molecule has 8 heteroatoms. The van der Waals surface area contributed by atoms with E-state index in [1.54, 1.807) is 12.1 Å². The number of hydrogen-bond acceptors (Lipinski definition) is 4. The number of nitrogens with zero attached hydrogens (tertiary/aromatic N) is 2. The van der Waals surface area contributed by atoms with Crippen molar-refractivity contribution in [3.05, 3.63) is 65.7 Å². The van der Waals surface area contributed by atoms with Crippen molar-refractivity contribution in [2.75, 3.05) is 44.7 Å². The van der Waals surface area contributed by atoms with Gasteiger partial charge in [0.25, 0.3) is 5.91 Å². The smallest absolute Gasteiger partial charge is 0.257 e. The third kappa shape index (κ3) is 6.11. The highest BCUT2D eigenvalue weighted by Crippen LogP contribution is 2.09. The number of amides is 1. The predicted octanol–water partition coefficient (Wildman–Crippen LogP) is 2.49. The first-order chi connectivity index (χ1) is 13.6. The molecule has 148 valence electrons. The normalized spacial score (nSPS) is 15.3. The molecular formula is C20H22F2N4O2. The zero-order valence-corrected chi connectivity index (χ0v) is 15.3. The van der Waals surface area contributed by atoms with Crippen molar-refractivity contribution in [1.29, 1.82) is 0 Å². The van der Waals surface area contributed by atoms with Crippen LogP contribution in [0.3, 0.4) is 0 Å². The molecule has 0 saturated carbocycles. The molecule has 1 fully saturated rings. The van der Waals surface area contributed by atoms with Crippen molar-refractivity contribution in [3.8, 4) is 0 Å². The zero-order valence-electron chi connectivity index (χ0n) is 15.3. The van der Waals surface area contributed by atoms with Crippen molar-refractivity contribution in [2.24, 2.45) is 4.99 Å². The van der Waals surface area contributed by atoms with Crippen LogP contribution in [0.5, 0.6) is 0 Å². The predicted molar refractivity (Wildman–Crippen MR) is 103 cm³/mol. The van der Waals surface area contributed by atoms with Crippen molar-refractivity contribution < 1.29 is 18.3 Å².